The third-order valence-electron chi connectivity index (χ3n) is 4.57. The molecule has 1 amide bonds. The lowest BCUT2D eigenvalue weighted by molar-refractivity contribution is 0.0299. The molecular formula is C18H19N5O3. The van der Waals surface area contributed by atoms with E-state index in [0.717, 1.165) is 5.56 Å². The van der Waals surface area contributed by atoms with Crippen LogP contribution < -0.4 is 0 Å². The number of benzene rings is 1. The van der Waals surface area contributed by atoms with E-state index in [4.69, 9.17) is 4.74 Å². The van der Waals surface area contributed by atoms with Gasteiger partial charge in [0.2, 0.25) is 5.65 Å². The van der Waals surface area contributed by atoms with Crippen LogP contribution in [0.2, 0.25) is 0 Å². The van der Waals surface area contributed by atoms with Gasteiger partial charge < -0.3 is 14.7 Å². The number of rotatable bonds is 3. The molecule has 1 atom stereocenters. The molecule has 1 aromatic carbocycles. The summed E-state index contributed by atoms with van der Waals surface area (Å²) in [6.07, 6.45) is 1.41. The molecule has 3 aromatic rings. The Morgan fingerprint density at radius 3 is 2.65 bits per heavy atom. The van der Waals surface area contributed by atoms with E-state index in [-0.39, 0.29) is 23.7 Å². The van der Waals surface area contributed by atoms with Gasteiger partial charge in [0, 0.05) is 13.1 Å². The standard InChI is InChI=1S/C18H19N5O3/c1-12(13-5-3-2-4-6-13)23-16-15(21-18(23)25)19-11-14(20-16)17(24)22-7-9-26-10-8-22/h2-6,11-12H,7-10H2,1H3,(H,19,21,25)/t12-/m0/s1. The van der Waals surface area contributed by atoms with E-state index in [9.17, 15) is 9.90 Å². The highest BCUT2D eigenvalue weighted by atomic mass is 16.5. The smallest absolute Gasteiger partial charge is 0.298 e. The average Bonchev–Trinajstić information content (AvgIpc) is 3.03. The van der Waals surface area contributed by atoms with E-state index in [1.807, 2.05) is 37.3 Å². The summed E-state index contributed by atoms with van der Waals surface area (Å²) in [5.74, 6) is -0.192. The predicted molar refractivity (Wildman–Crippen MR) is 94.0 cm³/mol. The first-order chi connectivity index (χ1) is 12.6. The molecule has 1 aliphatic rings. The number of aromatic nitrogens is 4. The van der Waals surface area contributed by atoms with Gasteiger partial charge in [-0.2, -0.15) is 4.98 Å². The molecule has 26 heavy (non-hydrogen) atoms. The van der Waals surface area contributed by atoms with Crippen LogP contribution in [0, 0.1) is 0 Å². The summed E-state index contributed by atoms with van der Waals surface area (Å²) in [7, 11) is 0. The van der Waals surface area contributed by atoms with Crippen LogP contribution in [0.1, 0.15) is 29.0 Å². The number of hydrogen-bond donors (Lipinski definition) is 1. The third-order valence-corrected chi connectivity index (χ3v) is 4.57. The fraction of sp³-hybridized carbons (Fsp3) is 0.333. The second-order valence-electron chi connectivity index (χ2n) is 6.18. The van der Waals surface area contributed by atoms with Gasteiger partial charge >= 0.3 is 0 Å². The van der Waals surface area contributed by atoms with Crippen molar-refractivity contribution < 1.29 is 14.6 Å². The van der Waals surface area contributed by atoms with E-state index in [2.05, 4.69) is 15.0 Å². The first kappa shape index (κ1) is 16.5. The minimum atomic E-state index is -0.204. The zero-order valence-corrected chi connectivity index (χ0v) is 14.4. The van der Waals surface area contributed by atoms with Gasteiger partial charge in [-0.1, -0.05) is 30.3 Å². The van der Waals surface area contributed by atoms with Crippen molar-refractivity contribution in [3.63, 3.8) is 0 Å². The van der Waals surface area contributed by atoms with Gasteiger partial charge in [-0.25, -0.2) is 9.97 Å². The van der Waals surface area contributed by atoms with Crippen molar-refractivity contribution in [3.8, 4) is 6.01 Å². The van der Waals surface area contributed by atoms with Crippen LogP contribution in [0.25, 0.3) is 11.3 Å². The van der Waals surface area contributed by atoms with Gasteiger partial charge in [0.15, 0.2) is 5.65 Å². The molecule has 0 spiro atoms. The highest BCUT2D eigenvalue weighted by molar-refractivity contribution is 5.93. The number of amides is 1. The van der Waals surface area contributed by atoms with E-state index in [0.29, 0.717) is 37.6 Å². The molecule has 0 radical (unpaired) electrons. The number of ether oxygens (including phenoxy) is 1. The van der Waals surface area contributed by atoms with E-state index >= 15 is 0 Å². The molecule has 0 bridgehead atoms. The maximum Gasteiger partial charge on any atom is 0.298 e. The molecule has 134 valence electrons. The van der Waals surface area contributed by atoms with Gasteiger partial charge in [0.1, 0.15) is 5.69 Å². The van der Waals surface area contributed by atoms with Crippen LogP contribution in [-0.2, 0) is 4.74 Å². The van der Waals surface area contributed by atoms with Crippen LogP contribution in [-0.4, -0.2) is 61.7 Å². The van der Waals surface area contributed by atoms with E-state index < -0.39 is 0 Å². The third kappa shape index (κ3) is 2.88. The predicted octanol–water partition coefficient (Wildman–Crippen LogP) is 1.61. The summed E-state index contributed by atoms with van der Waals surface area (Å²) in [6, 6.07) is 9.35. The van der Waals surface area contributed by atoms with Gasteiger partial charge in [0.25, 0.3) is 11.9 Å². The maximum atomic E-state index is 12.7. The number of carbonyl (C=O) groups excluding carboxylic acids is 1. The van der Waals surface area contributed by atoms with Crippen LogP contribution in [0.5, 0.6) is 6.01 Å². The number of fused-ring (bicyclic) bond motifs is 1. The number of carbonyl (C=O) groups is 1. The second kappa shape index (κ2) is 6.72. The van der Waals surface area contributed by atoms with Crippen LogP contribution >= 0.6 is 0 Å². The first-order valence-corrected chi connectivity index (χ1v) is 8.51. The Morgan fingerprint density at radius 1 is 1.19 bits per heavy atom. The Balaban J connectivity index is 1.74. The van der Waals surface area contributed by atoms with Crippen LogP contribution in [0.4, 0.5) is 0 Å². The number of nitrogens with zero attached hydrogens (tertiary/aromatic N) is 5. The lowest BCUT2D eigenvalue weighted by atomic mass is 10.1. The summed E-state index contributed by atoms with van der Waals surface area (Å²) >= 11 is 0. The molecule has 1 aliphatic heterocycles. The molecular weight excluding hydrogens is 334 g/mol. The topological polar surface area (TPSA) is 93.4 Å². The van der Waals surface area contributed by atoms with E-state index in [1.165, 1.54) is 6.20 Å². The Labute approximate surface area is 150 Å². The molecule has 1 fully saturated rings. The second-order valence-corrected chi connectivity index (χ2v) is 6.18. The minimum absolute atomic E-state index is 0.174. The van der Waals surface area contributed by atoms with Gasteiger partial charge in [-0.3, -0.25) is 9.36 Å². The summed E-state index contributed by atoms with van der Waals surface area (Å²) in [6.45, 7) is 4.04. The zero-order valence-electron chi connectivity index (χ0n) is 14.4. The fourth-order valence-electron chi connectivity index (χ4n) is 3.13. The Kier molecular flexibility index (Phi) is 4.26. The maximum absolute atomic E-state index is 12.7. The number of imidazole rings is 1. The molecule has 0 aliphatic carbocycles. The van der Waals surface area contributed by atoms with Crippen LogP contribution in [0.3, 0.4) is 0 Å². The SMILES string of the molecule is C[C@@H](c1ccccc1)n1c(O)nc2ncc(C(=O)N3CCOCC3)nc21. The highest BCUT2D eigenvalue weighted by Crippen LogP contribution is 2.27. The lowest BCUT2D eigenvalue weighted by Gasteiger charge is -2.26. The monoisotopic (exact) mass is 353 g/mol. The summed E-state index contributed by atoms with van der Waals surface area (Å²) in [5.41, 5.74) is 1.93. The van der Waals surface area contributed by atoms with Gasteiger partial charge in [0.05, 0.1) is 25.5 Å². The Bertz CT molecular complexity index is 935. The molecule has 2 aromatic heterocycles. The van der Waals surface area contributed by atoms with Crippen molar-refractivity contribution in [3.05, 3.63) is 47.8 Å². The van der Waals surface area contributed by atoms with Gasteiger partial charge in [-0.15, -0.1) is 0 Å². The van der Waals surface area contributed by atoms with Crippen LogP contribution in [0.15, 0.2) is 36.5 Å². The molecule has 4 rings (SSSR count). The van der Waals surface area contributed by atoms with Crippen molar-refractivity contribution in [2.24, 2.45) is 0 Å². The number of aromatic hydroxyl groups is 1. The molecule has 0 unspecified atom stereocenters. The summed E-state index contributed by atoms with van der Waals surface area (Å²) < 4.78 is 6.87. The zero-order chi connectivity index (χ0) is 18.1. The Morgan fingerprint density at radius 2 is 1.92 bits per heavy atom. The normalized spacial score (nSPS) is 16.0. The molecule has 1 N–H and O–H groups in total. The Hall–Kier alpha value is -3.00. The summed E-state index contributed by atoms with van der Waals surface area (Å²) in [4.78, 5) is 27.1. The molecule has 8 nitrogen and oxygen atoms in total. The fourth-order valence-corrected chi connectivity index (χ4v) is 3.13. The average molecular weight is 353 g/mol. The summed E-state index contributed by atoms with van der Waals surface area (Å²) in [5, 5.41) is 10.3. The largest absolute Gasteiger partial charge is 0.480 e. The van der Waals surface area contributed by atoms with Crippen molar-refractivity contribution in [2.45, 2.75) is 13.0 Å². The molecule has 3 heterocycles. The van der Waals surface area contributed by atoms with Crippen molar-refractivity contribution >= 4 is 17.2 Å². The van der Waals surface area contributed by atoms with Gasteiger partial charge in [-0.05, 0) is 12.5 Å². The van der Waals surface area contributed by atoms with E-state index in [1.54, 1.807) is 9.47 Å². The molecule has 8 heteroatoms. The highest BCUT2D eigenvalue weighted by Gasteiger charge is 2.23. The first-order valence-electron chi connectivity index (χ1n) is 8.51. The lowest BCUT2D eigenvalue weighted by Crippen LogP contribution is -2.41. The van der Waals surface area contributed by atoms with Crippen molar-refractivity contribution in [2.75, 3.05) is 26.3 Å². The number of morpholine rings is 1. The van der Waals surface area contributed by atoms with Crippen molar-refractivity contribution in [1.29, 1.82) is 0 Å². The molecule has 1 saturated heterocycles. The number of hydrogen-bond acceptors (Lipinski definition) is 6. The molecule has 0 saturated carbocycles. The van der Waals surface area contributed by atoms with Crippen molar-refractivity contribution in [1.82, 2.24) is 24.4 Å². The quantitative estimate of drug-likeness (QED) is 0.769. The minimum Gasteiger partial charge on any atom is -0.480 e.